The third kappa shape index (κ3) is 4.57. The molecule has 24 heavy (non-hydrogen) atoms. The Hall–Kier alpha value is -2.37. The van der Waals surface area contributed by atoms with Crippen LogP contribution in [0.3, 0.4) is 0 Å². The molecule has 1 aromatic rings. The molecule has 1 saturated heterocycles. The number of carbonyl (C=O) groups is 3. The zero-order valence-corrected chi connectivity index (χ0v) is 14.1. The van der Waals surface area contributed by atoms with Crippen molar-refractivity contribution in [2.45, 2.75) is 26.7 Å². The molecule has 2 atom stereocenters. The van der Waals surface area contributed by atoms with Crippen LogP contribution in [0.5, 0.6) is 0 Å². The molecule has 0 spiro atoms. The van der Waals surface area contributed by atoms with Crippen LogP contribution in [0.1, 0.15) is 24.5 Å². The largest absolute Gasteiger partial charge is 0.481 e. The van der Waals surface area contributed by atoms with Gasteiger partial charge in [-0.1, -0.05) is 29.8 Å². The number of benzene rings is 1. The zero-order valence-electron chi connectivity index (χ0n) is 14.1. The van der Waals surface area contributed by atoms with E-state index in [9.17, 15) is 19.5 Å². The molecule has 2 amide bonds. The van der Waals surface area contributed by atoms with Crippen molar-refractivity contribution >= 4 is 17.8 Å². The molecule has 2 N–H and O–H groups in total. The third-order valence-electron chi connectivity index (χ3n) is 4.40. The first kappa shape index (κ1) is 18.0. The lowest BCUT2D eigenvalue weighted by molar-refractivity contribution is -0.141. The minimum Gasteiger partial charge on any atom is -0.481 e. The van der Waals surface area contributed by atoms with Crippen LogP contribution in [0.4, 0.5) is 0 Å². The standard InChI is InChI=1S/C18H24N2O4/c1-3-20-11-15(9-16(20)21)17(22)19-10-14(18(23)24)8-13-6-4-5-12(2)7-13/h4-7,14-15H,3,8-11H2,1-2H3,(H,19,22)(H,23,24). The lowest BCUT2D eigenvalue weighted by atomic mass is 9.97. The van der Waals surface area contributed by atoms with E-state index in [1.807, 2.05) is 38.1 Å². The van der Waals surface area contributed by atoms with Crippen molar-refractivity contribution in [1.29, 1.82) is 0 Å². The van der Waals surface area contributed by atoms with E-state index in [2.05, 4.69) is 5.32 Å². The number of hydrogen-bond donors (Lipinski definition) is 2. The first-order valence-electron chi connectivity index (χ1n) is 8.24. The molecule has 1 fully saturated rings. The molecule has 1 aliphatic rings. The lowest BCUT2D eigenvalue weighted by Crippen LogP contribution is -2.38. The summed E-state index contributed by atoms with van der Waals surface area (Å²) < 4.78 is 0. The van der Waals surface area contributed by atoms with Gasteiger partial charge in [-0.05, 0) is 25.8 Å². The molecular weight excluding hydrogens is 308 g/mol. The molecule has 0 bridgehead atoms. The van der Waals surface area contributed by atoms with Gasteiger partial charge < -0.3 is 15.3 Å². The van der Waals surface area contributed by atoms with Gasteiger partial charge in [-0.15, -0.1) is 0 Å². The molecule has 6 heteroatoms. The Bertz CT molecular complexity index is 629. The Morgan fingerprint density at radius 2 is 2.17 bits per heavy atom. The van der Waals surface area contributed by atoms with Crippen LogP contribution in [-0.2, 0) is 20.8 Å². The third-order valence-corrected chi connectivity index (χ3v) is 4.40. The topological polar surface area (TPSA) is 86.7 Å². The molecule has 130 valence electrons. The fraction of sp³-hybridized carbons (Fsp3) is 0.500. The smallest absolute Gasteiger partial charge is 0.308 e. The number of carboxylic acids is 1. The van der Waals surface area contributed by atoms with Crippen molar-refractivity contribution in [3.05, 3.63) is 35.4 Å². The lowest BCUT2D eigenvalue weighted by Gasteiger charge is -2.16. The summed E-state index contributed by atoms with van der Waals surface area (Å²) >= 11 is 0. The number of aliphatic carboxylic acids is 1. The first-order valence-corrected chi connectivity index (χ1v) is 8.24. The van der Waals surface area contributed by atoms with Gasteiger partial charge >= 0.3 is 5.97 Å². The Morgan fingerprint density at radius 1 is 1.42 bits per heavy atom. The molecule has 1 heterocycles. The average Bonchev–Trinajstić information content (AvgIpc) is 2.92. The summed E-state index contributed by atoms with van der Waals surface area (Å²) in [6.45, 7) is 4.90. The van der Waals surface area contributed by atoms with Crippen LogP contribution in [0.25, 0.3) is 0 Å². The van der Waals surface area contributed by atoms with E-state index in [0.717, 1.165) is 11.1 Å². The van der Waals surface area contributed by atoms with Crippen LogP contribution >= 0.6 is 0 Å². The van der Waals surface area contributed by atoms with Crippen LogP contribution < -0.4 is 5.32 Å². The molecule has 2 unspecified atom stereocenters. The predicted octanol–water partition coefficient (Wildman–Crippen LogP) is 1.22. The number of carboxylic acid groups (broad SMARTS) is 1. The van der Waals surface area contributed by atoms with E-state index in [4.69, 9.17) is 0 Å². The Labute approximate surface area is 141 Å². The Morgan fingerprint density at radius 3 is 2.75 bits per heavy atom. The molecule has 2 rings (SSSR count). The van der Waals surface area contributed by atoms with E-state index >= 15 is 0 Å². The molecule has 0 aliphatic carbocycles. The number of rotatable bonds is 7. The highest BCUT2D eigenvalue weighted by Gasteiger charge is 2.33. The highest BCUT2D eigenvalue weighted by molar-refractivity contribution is 5.89. The van der Waals surface area contributed by atoms with Gasteiger partial charge in [0.1, 0.15) is 0 Å². The summed E-state index contributed by atoms with van der Waals surface area (Å²) in [5, 5.41) is 12.1. The highest BCUT2D eigenvalue weighted by atomic mass is 16.4. The van der Waals surface area contributed by atoms with Gasteiger partial charge in [0.2, 0.25) is 11.8 Å². The van der Waals surface area contributed by atoms with E-state index in [1.165, 1.54) is 0 Å². The SMILES string of the molecule is CCN1CC(C(=O)NCC(Cc2cccc(C)c2)C(=O)O)CC1=O. The maximum Gasteiger partial charge on any atom is 0.308 e. The summed E-state index contributed by atoms with van der Waals surface area (Å²) in [6.07, 6.45) is 0.567. The predicted molar refractivity (Wildman–Crippen MR) is 89.4 cm³/mol. The summed E-state index contributed by atoms with van der Waals surface area (Å²) in [7, 11) is 0. The van der Waals surface area contributed by atoms with E-state index < -0.39 is 11.9 Å². The maximum atomic E-state index is 12.2. The summed E-state index contributed by atoms with van der Waals surface area (Å²) in [5.74, 6) is -2.27. The van der Waals surface area contributed by atoms with E-state index in [0.29, 0.717) is 19.5 Å². The van der Waals surface area contributed by atoms with Gasteiger partial charge in [0, 0.05) is 26.1 Å². The summed E-state index contributed by atoms with van der Waals surface area (Å²) in [4.78, 5) is 37.0. The highest BCUT2D eigenvalue weighted by Crippen LogP contribution is 2.18. The maximum absolute atomic E-state index is 12.2. The van der Waals surface area contributed by atoms with Crippen molar-refractivity contribution in [2.75, 3.05) is 19.6 Å². The molecule has 0 radical (unpaired) electrons. The first-order chi connectivity index (χ1) is 11.4. The monoisotopic (exact) mass is 332 g/mol. The number of nitrogens with one attached hydrogen (secondary N) is 1. The molecule has 0 saturated carbocycles. The number of nitrogens with zero attached hydrogens (tertiary/aromatic N) is 1. The molecule has 1 aliphatic heterocycles. The number of aryl methyl sites for hydroxylation is 1. The van der Waals surface area contributed by atoms with Crippen LogP contribution in [0.2, 0.25) is 0 Å². The van der Waals surface area contributed by atoms with Gasteiger partial charge in [0.25, 0.3) is 0 Å². The van der Waals surface area contributed by atoms with Gasteiger partial charge in [-0.25, -0.2) is 0 Å². The fourth-order valence-corrected chi connectivity index (χ4v) is 2.99. The molecule has 6 nitrogen and oxygen atoms in total. The number of likely N-dealkylation sites (tertiary alicyclic amines) is 1. The summed E-state index contributed by atoms with van der Waals surface area (Å²) in [6, 6.07) is 7.69. The van der Waals surface area contributed by atoms with Crippen molar-refractivity contribution in [3.63, 3.8) is 0 Å². The second-order valence-corrected chi connectivity index (χ2v) is 6.31. The van der Waals surface area contributed by atoms with Gasteiger partial charge in [0.05, 0.1) is 11.8 Å². The number of amides is 2. The minimum atomic E-state index is -0.936. The fourth-order valence-electron chi connectivity index (χ4n) is 2.99. The van der Waals surface area contributed by atoms with Gasteiger partial charge in [-0.2, -0.15) is 0 Å². The molecule has 0 aromatic heterocycles. The van der Waals surface area contributed by atoms with Gasteiger partial charge in [-0.3, -0.25) is 14.4 Å². The molecule has 1 aromatic carbocycles. The van der Waals surface area contributed by atoms with Crippen molar-refractivity contribution in [1.82, 2.24) is 10.2 Å². The summed E-state index contributed by atoms with van der Waals surface area (Å²) in [5.41, 5.74) is 2.01. The van der Waals surface area contributed by atoms with Crippen molar-refractivity contribution in [2.24, 2.45) is 11.8 Å². The van der Waals surface area contributed by atoms with Crippen LogP contribution in [0.15, 0.2) is 24.3 Å². The van der Waals surface area contributed by atoms with Crippen LogP contribution in [-0.4, -0.2) is 47.4 Å². The minimum absolute atomic E-state index is 0.0211. The van der Waals surface area contributed by atoms with Crippen LogP contribution in [0, 0.1) is 18.8 Å². The Kier molecular flexibility index (Phi) is 5.95. The Balaban J connectivity index is 1.91. The second kappa shape index (κ2) is 7.95. The normalized spacial score (nSPS) is 18.5. The van der Waals surface area contributed by atoms with Crippen molar-refractivity contribution < 1.29 is 19.5 Å². The zero-order chi connectivity index (χ0) is 17.7. The molecular formula is C18H24N2O4. The average molecular weight is 332 g/mol. The van der Waals surface area contributed by atoms with Gasteiger partial charge in [0.15, 0.2) is 0 Å². The quantitative estimate of drug-likeness (QED) is 0.786. The van der Waals surface area contributed by atoms with E-state index in [-0.39, 0.29) is 30.7 Å². The number of hydrogen-bond acceptors (Lipinski definition) is 3. The van der Waals surface area contributed by atoms with E-state index in [1.54, 1.807) is 4.90 Å². The van der Waals surface area contributed by atoms with Crippen molar-refractivity contribution in [3.8, 4) is 0 Å². The number of carbonyl (C=O) groups excluding carboxylic acids is 2. The second-order valence-electron chi connectivity index (χ2n) is 6.31.